The van der Waals surface area contributed by atoms with Crippen molar-refractivity contribution in [3.8, 4) is 0 Å². The van der Waals surface area contributed by atoms with Gasteiger partial charge in [-0.1, -0.05) is 0 Å². The van der Waals surface area contributed by atoms with Crippen LogP contribution in [0.2, 0.25) is 0 Å². The van der Waals surface area contributed by atoms with E-state index >= 15 is 0 Å². The second kappa shape index (κ2) is 13.8. The van der Waals surface area contributed by atoms with Crippen molar-refractivity contribution in [3.05, 3.63) is 193 Å². The van der Waals surface area contributed by atoms with Gasteiger partial charge >= 0.3 is 154 Å². The van der Waals surface area contributed by atoms with Crippen LogP contribution < -0.4 is 14.3 Å². The second-order valence-electron chi connectivity index (χ2n) is 12.1. The van der Waals surface area contributed by atoms with Gasteiger partial charge in [0.25, 0.3) is 0 Å². The molecule has 0 amide bonds. The van der Waals surface area contributed by atoms with Crippen molar-refractivity contribution in [2.75, 3.05) is 0 Å². The Labute approximate surface area is 290 Å². The van der Waals surface area contributed by atoms with Crippen LogP contribution in [0.5, 0.6) is 0 Å². The first-order valence-corrected chi connectivity index (χ1v) is 22.2. The summed E-state index contributed by atoms with van der Waals surface area (Å²) in [6.07, 6.45) is 8.05. The number of H-pyrrole nitrogens is 2. The summed E-state index contributed by atoms with van der Waals surface area (Å²) in [6, 6.07) is 60.8. The summed E-state index contributed by atoms with van der Waals surface area (Å²) in [6.45, 7) is 0. The predicted molar refractivity (Wildman–Crippen MR) is 209 cm³/mol. The number of hydrogen-bond donors (Lipinski definition) is 2. The molecule has 0 fully saturated rings. The molecule has 4 nitrogen and oxygen atoms in total. The fourth-order valence-electron chi connectivity index (χ4n) is 6.70. The standard InChI is InChI=1S/C20H14N4.4C6H5.Sn/c1-2-14-10-16-5-6-18(23-16)12-20-8-7-19(24-20)11-17-4-3-15(22-17)9-13(1)21-14;4*1-2-4-6-5-3-1;/h1-12,21-22H;4*1-5H;. The molecule has 9 rings (SSSR count). The molecular formula is C44H34N4Sn. The first-order chi connectivity index (χ1) is 24.2. The van der Waals surface area contributed by atoms with E-state index in [0.29, 0.717) is 0 Å². The van der Waals surface area contributed by atoms with E-state index in [0.717, 1.165) is 44.8 Å². The summed E-state index contributed by atoms with van der Waals surface area (Å²) >= 11 is -3.31. The molecular weight excluding hydrogens is 703 g/mol. The van der Waals surface area contributed by atoms with Gasteiger partial charge in [0.2, 0.25) is 0 Å². The van der Waals surface area contributed by atoms with E-state index in [4.69, 9.17) is 0 Å². The van der Waals surface area contributed by atoms with Gasteiger partial charge in [0, 0.05) is 22.1 Å². The van der Waals surface area contributed by atoms with Crippen LogP contribution in [0, 0.1) is 0 Å². The van der Waals surface area contributed by atoms with Crippen molar-refractivity contribution >= 4 is 79.1 Å². The number of rotatable bonds is 4. The molecule has 2 aliphatic heterocycles. The van der Waals surface area contributed by atoms with E-state index in [2.05, 4.69) is 172 Å². The van der Waals surface area contributed by atoms with Gasteiger partial charge in [0.1, 0.15) is 0 Å². The zero-order valence-corrected chi connectivity index (χ0v) is 29.7. The van der Waals surface area contributed by atoms with Crippen LogP contribution in [-0.4, -0.2) is 38.3 Å². The van der Waals surface area contributed by atoms with Crippen molar-refractivity contribution in [2.45, 2.75) is 0 Å². The van der Waals surface area contributed by atoms with Crippen LogP contribution in [0.1, 0.15) is 22.8 Å². The Hall–Kier alpha value is -5.72. The number of fused-ring (bicyclic) bond motifs is 8. The molecule has 5 heterocycles. The Balaban J connectivity index is 0.000000142. The molecule has 0 atom stereocenters. The summed E-state index contributed by atoms with van der Waals surface area (Å²) < 4.78 is 5.95. The number of hydrogen-bond acceptors (Lipinski definition) is 2. The SMILES string of the molecule is C1=Cc2cc3ccc(cc4ccc(cc5nc(cc1n2)C=C5)[nH]4)[nH]3.c1cc[c]([Sn]([c]2ccccc2)([c]2ccccc2)[c]2ccccc2)cc1. The van der Waals surface area contributed by atoms with Crippen LogP contribution in [0.4, 0.5) is 0 Å². The molecule has 2 aliphatic rings. The van der Waals surface area contributed by atoms with Gasteiger partial charge in [-0.25, -0.2) is 9.97 Å². The van der Waals surface area contributed by atoms with Gasteiger partial charge in [0.15, 0.2) is 0 Å². The quantitative estimate of drug-likeness (QED) is 0.182. The normalized spacial score (nSPS) is 11.9. The van der Waals surface area contributed by atoms with Crippen LogP contribution >= 0.6 is 0 Å². The van der Waals surface area contributed by atoms with E-state index in [9.17, 15) is 0 Å². The Morgan fingerprint density at radius 1 is 0.306 bits per heavy atom. The zero-order chi connectivity index (χ0) is 32.9. The predicted octanol–water partition coefficient (Wildman–Crippen LogP) is 7.72. The molecule has 4 aromatic carbocycles. The van der Waals surface area contributed by atoms with Crippen molar-refractivity contribution in [1.29, 1.82) is 0 Å². The van der Waals surface area contributed by atoms with Gasteiger partial charge in [0.05, 0.1) is 22.8 Å². The molecule has 0 spiro atoms. The molecule has 0 radical (unpaired) electrons. The van der Waals surface area contributed by atoms with Crippen LogP contribution in [-0.2, 0) is 0 Å². The number of benzene rings is 4. The van der Waals surface area contributed by atoms with Crippen molar-refractivity contribution in [1.82, 2.24) is 19.9 Å². The van der Waals surface area contributed by atoms with Crippen LogP contribution in [0.25, 0.3) is 46.4 Å². The fraction of sp³-hybridized carbons (Fsp3) is 0. The topological polar surface area (TPSA) is 57.4 Å². The average Bonchev–Trinajstić information content (AvgIpc) is 3.98. The summed E-state index contributed by atoms with van der Waals surface area (Å²) in [5.41, 5.74) is 7.86. The molecule has 5 heteroatoms. The van der Waals surface area contributed by atoms with Gasteiger partial charge in [-0.3, -0.25) is 0 Å². The third-order valence-electron chi connectivity index (χ3n) is 8.87. The maximum atomic E-state index is 4.62. The summed E-state index contributed by atoms with van der Waals surface area (Å²) in [4.78, 5) is 16.0. The molecule has 49 heavy (non-hydrogen) atoms. The fourth-order valence-corrected chi connectivity index (χ4v) is 20.3. The molecule has 0 saturated carbocycles. The minimum atomic E-state index is -3.31. The Morgan fingerprint density at radius 3 is 0.918 bits per heavy atom. The second-order valence-corrected chi connectivity index (χ2v) is 23.0. The van der Waals surface area contributed by atoms with Gasteiger partial charge < -0.3 is 9.97 Å². The molecule has 7 aromatic rings. The number of aromatic amines is 2. The van der Waals surface area contributed by atoms with Gasteiger partial charge in [-0.15, -0.1) is 0 Å². The Kier molecular flexibility index (Phi) is 8.61. The van der Waals surface area contributed by atoms with E-state index in [1.807, 2.05) is 42.5 Å². The zero-order valence-electron chi connectivity index (χ0n) is 26.9. The molecule has 234 valence electrons. The average molecular weight is 737 g/mol. The third kappa shape index (κ3) is 6.56. The first-order valence-electron chi connectivity index (χ1n) is 16.5. The molecule has 3 aromatic heterocycles. The number of aromatic nitrogens is 4. The minimum absolute atomic E-state index is 0.915. The van der Waals surface area contributed by atoms with Crippen LogP contribution in [0.15, 0.2) is 170 Å². The number of nitrogens with zero attached hydrogens (tertiary/aromatic N) is 2. The molecule has 0 aliphatic carbocycles. The molecule has 2 N–H and O–H groups in total. The summed E-state index contributed by atoms with van der Waals surface area (Å²) in [7, 11) is 0. The Bertz CT molecular complexity index is 2180. The Morgan fingerprint density at radius 2 is 0.592 bits per heavy atom. The van der Waals surface area contributed by atoms with Crippen molar-refractivity contribution in [2.24, 2.45) is 0 Å². The molecule has 0 saturated heterocycles. The molecule has 0 unspecified atom stereocenters. The van der Waals surface area contributed by atoms with Crippen molar-refractivity contribution in [3.63, 3.8) is 0 Å². The first kappa shape index (κ1) is 30.6. The maximum absolute atomic E-state index is 4.62. The summed E-state index contributed by atoms with van der Waals surface area (Å²) in [5, 5.41) is 0. The van der Waals surface area contributed by atoms with Crippen molar-refractivity contribution < 1.29 is 0 Å². The van der Waals surface area contributed by atoms with E-state index in [-0.39, 0.29) is 0 Å². The van der Waals surface area contributed by atoms with Gasteiger partial charge in [-0.2, -0.15) is 0 Å². The van der Waals surface area contributed by atoms with Gasteiger partial charge in [-0.05, 0) is 72.8 Å². The van der Waals surface area contributed by atoms with E-state index < -0.39 is 18.4 Å². The molecule has 8 bridgehead atoms. The van der Waals surface area contributed by atoms with Crippen LogP contribution in [0.3, 0.4) is 0 Å². The third-order valence-corrected chi connectivity index (χ3v) is 22.6. The van der Waals surface area contributed by atoms with E-state index in [1.54, 1.807) is 0 Å². The number of nitrogens with one attached hydrogen (secondary N) is 2. The monoisotopic (exact) mass is 738 g/mol. The van der Waals surface area contributed by atoms with E-state index in [1.165, 1.54) is 14.3 Å². The summed E-state index contributed by atoms with van der Waals surface area (Å²) in [5.74, 6) is 0.